The lowest BCUT2D eigenvalue weighted by Crippen LogP contribution is -2.38. The van der Waals surface area contributed by atoms with Crippen LogP contribution in [-0.4, -0.2) is 37.3 Å². The van der Waals surface area contributed by atoms with Gasteiger partial charge in [0.15, 0.2) is 5.96 Å². The van der Waals surface area contributed by atoms with Gasteiger partial charge in [0.1, 0.15) is 0 Å². The zero-order valence-electron chi connectivity index (χ0n) is 15.4. The number of halogens is 1. The van der Waals surface area contributed by atoms with Crippen molar-refractivity contribution in [2.75, 3.05) is 26.2 Å². The highest BCUT2D eigenvalue weighted by molar-refractivity contribution is 14.0. The minimum atomic E-state index is 0. The van der Waals surface area contributed by atoms with Gasteiger partial charge >= 0.3 is 0 Å². The van der Waals surface area contributed by atoms with E-state index in [1.807, 2.05) is 36.4 Å². The molecule has 0 bridgehead atoms. The molecule has 26 heavy (non-hydrogen) atoms. The molecule has 0 amide bonds. The summed E-state index contributed by atoms with van der Waals surface area (Å²) in [6, 6.07) is 20.6. The highest BCUT2D eigenvalue weighted by Gasteiger charge is 2.09. The molecule has 0 saturated heterocycles. The van der Waals surface area contributed by atoms with E-state index < -0.39 is 0 Å². The smallest absolute Gasteiger partial charge is 0.191 e. The van der Waals surface area contributed by atoms with Gasteiger partial charge < -0.3 is 15.7 Å². The number of guanidine groups is 1. The predicted octanol–water partition coefficient (Wildman–Crippen LogP) is 3.57. The number of aryl methyl sites for hydroxylation is 1. The van der Waals surface area contributed by atoms with Crippen molar-refractivity contribution in [1.29, 1.82) is 0 Å². The number of nitrogens with one attached hydrogen (secondary N) is 2. The standard InChI is InChI=1S/C21H29N3O.HI/c1-2-22-21(23-15-9-12-18-10-5-3-6-11-18)24-16-20(17-25)19-13-7-4-8-14-19;/h3-8,10-11,13-14,20,25H,2,9,12,15-17H2,1H3,(H2,22,23,24);1H. The van der Waals surface area contributed by atoms with Gasteiger partial charge in [0.2, 0.25) is 0 Å². The second kappa shape index (κ2) is 13.6. The monoisotopic (exact) mass is 467 g/mol. The van der Waals surface area contributed by atoms with E-state index in [2.05, 4.69) is 46.8 Å². The molecule has 1 atom stereocenters. The van der Waals surface area contributed by atoms with Crippen LogP contribution >= 0.6 is 24.0 Å². The van der Waals surface area contributed by atoms with Gasteiger partial charge in [0.05, 0.1) is 13.2 Å². The number of hydrogen-bond donors (Lipinski definition) is 3. The first-order valence-corrected chi connectivity index (χ1v) is 9.05. The molecule has 0 saturated carbocycles. The van der Waals surface area contributed by atoms with E-state index in [0.29, 0.717) is 6.54 Å². The van der Waals surface area contributed by atoms with E-state index in [-0.39, 0.29) is 36.5 Å². The molecule has 0 radical (unpaired) electrons. The molecule has 142 valence electrons. The Morgan fingerprint density at radius 3 is 2.27 bits per heavy atom. The van der Waals surface area contributed by atoms with Crippen molar-refractivity contribution < 1.29 is 5.11 Å². The molecular formula is C21H30IN3O. The van der Waals surface area contributed by atoms with Crippen LogP contribution < -0.4 is 10.6 Å². The topological polar surface area (TPSA) is 56.7 Å². The molecule has 0 heterocycles. The minimum Gasteiger partial charge on any atom is -0.396 e. The molecule has 1 unspecified atom stereocenters. The summed E-state index contributed by atoms with van der Waals surface area (Å²) in [5, 5.41) is 16.3. The Morgan fingerprint density at radius 1 is 1.00 bits per heavy atom. The summed E-state index contributed by atoms with van der Waals surface area (Å²) in [6.45, 7) is 4.41. The number of hydrogen-bond acceptors (Lipinski definition) is 2. The Hall–Kier alpha value is -1.60. The lowest BCUT2D eigenvalue weighted by atomic mass is 10.0. The van der Waals surface area contributed by atoms with Crippen molar-refractivity contribution in [3.8, 4) is 0 Å². The first kappa shape index (κ1) is 22.4. The number of benzene rings is 2. The Balaban J connectivity index is 0.00000338. The molecule has 2 rings (SSSR count). The Morgan fingerprint density at radius 2 is 1.65 bits per heavy atom. The summed E-state index contributed by atoms with van der Waals surface area (Å²) in [5.41, 5.74) is 2.48. The van der Waals surface area contributed by atoms with Crippen molar-refractivity contribution in [2.45, 2.75) is 25.7 Å². The van der Waals surface area contributed by atoms with Crippen molar-refractivity contribution in [3.05, 3.63) is 71.8 Å². The lowest BCUT2D eigenvalue weighted by molar-refractivity contribution is 0.268. The van der Waals surface area contributed by atoms with E-state index >= 15 is 0 Å². The van der Waals surface area contributed by atoms with Crippen LogP contribution in [0.2, 0.25) is 0 Å². The van der Waals surface area contributed by atoms with E-state index in [1.165, 1.54) is 5.56 Å². The van der Waals surface area contributed by atoms with Crippen LogP contribution in [-0.2, 0) is 6.42 Å². The fourth-order valence-electron chi connectivity index (χ4n) is 2.68. The minimum absolute atomic E-state index is 0. The van der Waals surface area contributed by atoms with Crippen LogP contribution in [0.25, 0.3) is 0 Å². The van der Waals surface area contributed by atoms with Gasteiger partial charge in [-0.25, -0.2) is 0 Å². The number of aliphatic hydroxyl groups is 1. The summed E-state index contributed by atoms with van der Waals surface area (Å²) in [4.78, 5) is 4.64. The van der Waals surface area contributed by atoms with Crippen molar-refractivity contribution in [2.24, 2.45) is 4.99 Å². The lowest BCUT2D eigenvalue weighted by Gasteiger charge is -2.15. The van der Waals surface area contributed by atoms with Crippen LogP contribution in [0.4, 0.5) is 0 Å². The number of nitrogens with zero attached hydrogens (tertiary/aromatic N) is 1. The van der Waals surface area contributed by atoms with Crippen LogP contribution in [0.5, 0.6) is 0 Å². The molecule has 0 fully saturated rings. The zero-order chi connectivity index (χ0) is 17.7. The Kier molecular flexibility index (Phi) is 11.7. The molecule has 3 N–H and O–H groups in total. The maximum absolute atomic E-state index is 9.65. The van der Waals surface area contributed by atoms with E-state index in [9.17, 15) is 5.11 Å². The van der Waals surface area contributed by atoms with Gasteiger partial charge in [-0.05, 0) is 30.9 Å². The highest BCUT2D eigenvalue weighted by Crippen LogP contribution is 2.14. The van der Waals surface area contributed by atoms with E-state index in [0.717, 1.165) is 37.5 Å². The fourth-order valence-corrected chi connectivity index (χ4v) is 2.68. The molecule has 0 spiro atoms. The van der Waals surface area contributed by atoms with Crippen LogP contribution in [0.3, 0.4) is 0 Å². The maximum Gasteiger partial charge on any atom is 0.191 e. The summed E-state index contributed by atoms with van der Waals surface area (Å²) in [7, 11) is 0. The summed E-state index contributed by atoms with van der Waals surface area (Å²) >= 11 is 0. The van der Waals surface area contributed by atoms with Crippen LogP contribution in [0.15, 0.2) is 65.7 Å². The van der Waals surface area contributed by atoms with Crippen LogP contribution in [0.1, 0.15) is 30.4 Å². The molecule has 5 heteroatoms. The zero-order valence-corrected chi connectivity index (χ0v) is 17.7. The van der Waals surface area contributed by atoms with Gasteiger partial charge in [0.25, 0.3) is 0 Å². The first-order chi connectivity index (χ1) is 12.3. The molecular weight excluding hydrogens is 437 g/mol. The van der Waals surface area contributed by atoms with Crippen molar-refractivity contribution >= 4 is 29.9 Å². The third kappa shape index (κ3) is 8.19. The molecule has 0 aromatic heterocycles. The molecule has 2 aromatic rings. The van der Waals surface area contributed by atoms with Gasteiger partial charge in [-0.1, -0.05) is 60.7 Å². The summed E-state index contributed by atoms with van der Waals surface area (Å²) < 4.78 is 0. The fraction of sp³-hybridized carbons (Fsp3) is 0.381. The normalized spacial score (nSPS) is 12.2. The SMILES string of the molecule is CCNC(=NCC(CO)c1ccccc1)NCCCc1ccccc1.I. The highest BCUT2D eigenvalue weighted by atomic mass is 127. The second-order valence-electron chi connectivity index (χ2n) is 6.03. The first-order valence-electron chi connectivity index (χ1n) is 9.05. The van der Waals surface area contributed by atoms with Crippen molar-refractivity contribution in [1.82, 2.24) is 10.6 Å². The molecule has 2 aromatic carbocycles. The van der Waals surface area contributed by atoms with E-state index in [4.69, 9.17) is 0 Å². The third-order valence-corrected chi connectivity index (χ3v) is 4.08. The quantitative estimate of drug-likeness (QED) is 0.229. The predicted molar refractivity (Wildman–Crippen MR) is 120 cm³/mol. The molecule has 4 nitrogen and oxygen atoms in total. The number of aliphatic hydroxyl groups excluding tert-OH is 1. The second-order valence-corrected chi connectivity index (χ2v) is 6.03. The molecule has 0 aliphatic heterocycles. The number of rotatable bonds is 9. The average Bonchev–Trinajstić information content (AvgIpc) is 2.67. The van der Waals surface area contributed by atoms with Crippen molar-refractivity contribution in [3.63, 3.8) is 0 Å². The maximum atomic E-state index is 9.65. The largest absolute Gasteiger partial charge is 0.396 e. The van der Waals surface area contributed by atoms with Gasteiger partial charge in [-0.3, -0.25) is 4.99 Å². The number of aliphatic imine (C=N–C) groups is 1. The van der Waals surface area contributed by atoms with E-state index in [1.54, 1.807) is 0 Å². The third-order valence-electron chi connectivity index (χ3n) is 4.08. The van der Waals surface area contributed by atoms with Gasteiger partial charge in [-0.2, -0.15) is 0 Å². The summed E-state index contributed by atoms with van der Waals surface area (Å²) in [6.07, 6.45) is 2.10. The molecule has 0 aliphatic rings. The summed E-state index contributed by atoms with van der Waals surface area (Å²) in [5.74, 6) is 0.839. The Bertz CT molecular complexity index is 620. The van der Waals surface area contributed by atoms with Gasteiger partial charge in [0, 0.05) is 19.0 Å². The van der Waals surface area contributed by atoms with Gasteiger partial charge in [-0.15, -0.1) is 24.0 Å². The molecule has 0 aliphatic carbocycles. The van der Waals surface area contributed by atoms with Crippen LogP contribution in [0, 0.1) is 0 Å². The average molecular weight is 467 g/mol. The Labute approximate surface area is 174 Å².